The molecule has 2 fully saturated rings. The molecule has 11 rings (SSSR count). The van der Waals surface area contributed by atoms with Gasteiger partial charge in [-0.1, -0.05) is 110 Å². The van der Waals surface area contributed by atoms with Crippen LogP contribution >= 0.6 is 0 Å². The van der Waals surface area contributed by atoms with Gasteiger partial charge in [0.15, 0.2) is 0 Å². The minimum Gasteiger partial charge on any atom is -0.337 e. The van der Waals surface area contributed by atoms with Gasteiger partial charge in [-0.15, -0.1) is 0 Å². The van der Waals surface area contributed by atoms with Crippen molar-refractivity contribution in [1.82, 2.24) is 9.13 Å². The highest BCUT2D eigenvalue weighted by Crippen LogP contribution is 2.55. The fourth-order valence-electron chi connectivity index (χ4n) is 14.6. The summed E-state index contributed by atoms with van der Waals surface area (Å²) >= 11 is 0. The van der Waals surface area contributed by atoms with E-state index in [-0.39, 0.29) is 5.41 Å². The maximum Gasteiger partial charge on any atom is 0.0689 e. The molecule has 2 aromatic heterocycles. The molecule has 2 saturated carbocycles. The molecule has 0 bridgehead atoms. The SMILES string of the molecule is CC1CC(C2CCCCC2C2=CC=CCC2C2C=CCCC2C2=CC(n3c4c(c5ccccc53)CCCC4)CC(n3c4c(c5ccccc53)CCC=C4)C2)CCC1(C)C#N. The average molecular weight is 794 g/mol. The number of fused-ring (bicyclic) bond motifs is 6. The third-order valence-corrected chi connectivity index (χ3v) is 17.7. The molecule has 10 atom stereocenters. The highest BCUT2D eigenvalue weighted by Gasteiger charge is 2.45. The number of nitriles is 1. The Morgan fingerprint density at radius 2 is 1.55 bits per heavy atom. The number of hydrogen-bond donors (Lipinski definition) is 0. The van der Waals surface area contributed by atoms with Crippen molar-refractivity contribution in [1.29, 1.82) is 5.26 Å². The molecule has 0 saturated heterocycles. The van der Waals surface area contributed by atoms with Gasteiger partial charge in [-0.2, -0.15) is 5.26 Å². The zero-order chi connectivity index (χ0) is 40.4. The third kappa shape index (κ3) is 6.48. The number of nitrogens with zero attached hydrogens (tertiary/aromatic N) is 3. The Morgan fingerprint density at radius 3 is 2.40 bits per heavy atom. The second-order valence-electron chi connectivity index (χ2n) is 20.8. The van der Waals surface area contributed by atoms with Crippen LogP contribution in [0.3, 0.4) is 0 Å². The van der Waals surface area contributed by atoms with Crippen LogP contribution in [0, 0.1) is 58.2 Å². The molecular formula is C57H67N3. The number of aryl methyl sites for hydroxylation is 2. The highest BCUT2D eigenvalue weighted by molar-refractivity contribution is 5.89. The zero-order valence-corrected chi connectivity index (χ0v) is 36.5. The van der Waals surface area contributed by atoms with Gasteiger partial charge in [0.05, 0.1) is 17.5 Å². The fraction of sp³-hybridized carbons (Fsp3) is 0.526. The Morgan fingerprint density at radius 1 is 0.750 bits per heavy atom. The van der Waals surface area contributed by atoms with Crippen LogP contribution in [0.4, 0.5) is 0 Å². The lowest BCUT2D eigenvalue weighted by molar-refractivity contribution is 0.0699. The van der Waals surface area contributed by atoms with Gasteiger partial charge in [0.1, 0.15) is 0 Å². The maximum absolute atomic E-state index is 10.1. The Labute approximate surface area is 360 Å². The quantitative estimate of drug-likeness (QED) is 0.179. The minimum atomic E-state index is -0.158. The van der Waals surface area contributed by atoms with E-state index in [1.165, 1.54) is 111 Å². The molecule has 60 heavy (non-hydrogen) atoms. The van der Waals surface area contributed by atoms with Crippen LogP contribution in [0.1, 0.15) is 145 Å². The number of hydrogen-bond acceptors (Lipinski definition) is 1. The summed E-state index contributed by atoms with van der Waals surface area (Å²) in [7, 11) is 0. The number of rotatable bonds is 6. The summed E-state index contributed by atoms with van der Waals surface area (Å²) in [6.45, 7) is 4.61. The summed E-state index contributed by atoms with van der Waals surface area (Å²) in [5.74, 6) is 4.31. The van der Waals surface area contributed by atoms with Crippen molar-refractivity contribution in [2.24, 2.45) is 46.8 Å². The number of aromatic nitrogens is 2. The van der Waals surface area contributed by atoms with Gasteiger partial charge < -0.3 is 9.13 Å². The van der Waals surface area contributed by atoms with Gasteiger partial charge in [-0.05, 0) is 180 Å². The number of allylic oxidation sites excluding steroid dienone is 9. The van der Waals surface area contributed by atoms with Gasteiger partial charge in [0.25, 0.3) is 0 Å². The van der Waals surface area contributed by atoms with Crippen molar-refractivity contribution in [2.75, 3.05) is 0 Å². The lowest BCUT2D eigenvalue weighted by atomic mass is 9.56. The van der Waals surface area contributed by atoms with E-state index in [2.05, 4.69) is 126 Å². The molecule has 0 amide bonds. The lowest BCUT2D eigenvalue weighted by Gasteiger charge is -2.48. The zero-order valence-electron chi connectivity index (χ0n) is 36.5. The molecule has 3 heteroatoms. The molecule has 0 spiro atoms. The van der Waals surface area contributed by atoms with Crippen LogP contribution in [-0.2, 0) is 19.3 Å². The molecular weight excluding hydrogens is 727 g/mol. The van der Waals surface area contributed by atoms with E-state index in [0.29, 0.717) is 41.7 Å². The summed E-state index contributed by atoms with van der Waals surface area (Å²) in [5, 5.41) is 13.1. The monoisotopic (exact) mass is 794 g/mol. The molecule has 0 aliphatic heterocycles. The van der Waals surface area contributed by atoms with Crippen LogP contribution in [0.15, 0.2) is 102 Å². The molecule has 0 radical (unpaired) electrons. The van der Waals surface area contributed by atoms with E-state index >= 15 is 0 Å². The molecule has 310 valence electrons. The molecule has 10 unspecified atom stereocenters. The Kier molecular flexibility index (Phi) is 10.2. The normalized spacial score (nSPS) is 34.2. The topological polar surface area (TPSA) is 33.6 Å². The van der Waals surface area contributed by atoms with Crippen LogP contribution in [0.25, 0.3) is 27.9 Å². The highest BCUT2D eigenvalue weighted by atomic mass is 15.1. The van der Waals surface area contributed by atoms with Gasteiger partial charge in [0.2, 0.25) is 0 Å². The summed E-state index contributed by atoms with van der Waals surface area (Å²) < 4.78 is 5.69. The van der Waals surface area contributed by atoms with E-state index < -0.39 is 0 Å². The minimum absolute atomic E-state index is 0.158. The Hall–Kier alpha value is -4.29. The molecule has 7 aliphatic rings. The van der Waals surface area contributed by atoms with E-state index in [0.717, 1.165) is 43.9 Å². The van der Waals surface area contributed by atoms with Crippen molar-refractivity contribution in [3.63, 3.8) is 0 Å². The van der Waals surface area contributed by atoms with Gasteiger partial charge in [-0.3, -0.25) is 0 Å². The first-order valence-corrected chi connectivity index (χ1v) is 24.5. The van der Waals surface area contributed by atoms with Crippen LogP contribution < -0.4 is 0 Å². The fourth-order valence-corrected chi connectivity index (χ4v) is 14.6. The summed E-state index contributed by atoms with van der Waals surface area (Å²) in [5.41, 5.74) is 12.6. The largest absolute Gasteiger partial charge is 0.337 e. The number of para-hydroxylation sites is 2. The molecule has 3 nitrogen and oxygen atoms in total. The maximum atomic E-state index is 10.1. The van der Waals surface area contributed by atoms with Gasteiger partial charge >= 0.3 is 0 Å². The standard InChI is InChI=1S/C57H67N3/c1-38-33-39(31-32-57(38,2)37-58)43-17-3-5-19-45(43)47-21-7-8-22-48(47)46-20-6-4-18-44(46)40-34-41(59-53-27-13-9-23-49(53)50-24-10-14-28-54(50)59)36-42(35-40)60-55-29-15-11-25-51(55)52-26-12-16-30-56(52)60/h6-9,11,13-15,20-21,23,25,27-29,35,38-39,41-46,48H,3-5,10,12,16-19,22,24,26,30-34,36H2,1-2H3. The summed E-state index contributed by atoms with van der Waals surface area (Å²) in [4.78, 5) is 0. The first-order chi connectivity index (χ1) is 29.5. The molecule has 4 aromatic rings. The molecule has 2 heterocycles. The molecule has 0 N–H and O–H groups in total. The Balaban J connectivity index is 0.993. The number of benzene rings is 2. The predicted octanol–water partition coefficient (Wildman–Crippen LogP) is 14.8. The molecule has 7 aliphatic carbocycles. The van der Waals surface area contributed by atoms with E-state index in [1.807, 2.05) is 0 Å². The van der Waals surface area contributed by atoms with Crippen LogP contribution in [0.5, 0.6) is 0 Å². The second-order valence-corrected chi connectivity index (χ2v) is 20.8. The average Bonchev–Trinajstić information content (AvgIpc) is 3.83. The lowest BCUT2D eigenvalue weighted by Crippen LogP contribution is -2.39. The first-order valence-electron chi connectivity index (χ1n) is 24.5. The second kappa shape index (κ2) is 15.9. The van der Waals surface area contributed by atoms with Crippen molar-refractivity contribution in [3.05, 3.63) is 125 Å². The van der Waals surface area contributed by atoms with E-state index in [9.17, 15) is 5.26 Å². The first kappa shape index (κ1) is 38.6. The Bertz CT molecular complexity index is 2470. The molecule has 2 aromatic carbocycles. The smallest absolute Gasteiger partial charge is 0.0689 e. The summed E-state index contributed by atoms with van der Waals surface area (Å²) in [6.07, 6.45) is 42.8. The van der Waals surface area contributed by atoms with Gasteiger partial charge in [-0.25, -0.2) is 0 Å². The van der Waals surface area contributed by atoms with Crippen molar-refractivity contribution in [2.45, 2.75) is 142 Å². The van der Waals surface area contributed by atoms with Crippen LogP contribution in [-0.4, -0.2) is 9.13 Å². The van der Waals surface area contributed by atoms with Crippen molar-refractivity contribution >= 4 is 27.9 Å². The third-order valence-electron chi connectivity index (χ3n) is 17.7. The van der Waals surface area contributed by atoms with Crippen LogP contribution in [0.2, 0.25) is 0 Å². The summed E-state index contributed by atoms with van der Waals surface area (Å²) in [6, 6.07) is 22.3. The van der Waals surface area contributed by atoms with Crippen molar-refractivity contribution in [3.8, 4) is 6.07 Å². The van der Waals surface area contributed by atoms with E-state index in [1.54, 1.807) is 28.0 Å². The predicted molar refractivity (Wildman–Crippen MR) is 250 cm³/mol. The van der Waals surface area contributed by atoms with Gasteiger partial charge in [0, 0.05) is 39.2 Å². The van der Waals surface area contributed by atoms with Crippen molar-refractivity contribution < 1.29 is 0 Å². The van der Waals surface area contributed by atoms with E-state index in [4.69, 9.17) is 0 Å².